The van der Waals surface area contributed by atoms with E-state index >= 15 is 0 Å². The molecule has 1 amide bonds. The first-order valence-electron chi connectivity index (χ1n) is 8.20. The van der Waals surface area contributed by atoms with E-state index in [1.165, 1.54) is 0 Å². The predicted octanol–water partition coefficient (Wildman–Crippen LogP) is 2.55. The molecule has 1 aliphatic heterocycles. The molecule has 0 spiro atoms. The van der Waals surface area contributed by atoms with Gasteiger partial charge in [-0.3, -0.25) is 4.79 Å². The second-order valence-corrected chi connectivity index (χ2v) is 6.20. The van der Waals surface area contributed by atoms with Gasteiger partial charge in [0.05, 0.1) is 6.54 Å². The Morgan fingerprint density at radius 3 is 2.84 bits per heavy atom. The molecule has 0 N–H and O–H groups in total. The molecule has 1 aliphatic rings. The Morgan fingerprint density at radius 2 is 2.04 bits per heavy atom. The predicted molar refractivity (Wildman–Crippen MR) is 93.2 cm³/mol. The number of likely N-dealkylation sites (N-methyl/N-ethyl adjacent to an activating group) is 1. The van der Waals surface area contributed by atoms with Crippen LogP contribution in [0.3, 0.4) is 0 Å². The number of rotatable bonds is 3. The highest BCUT2D eigenvalue weighted by atomic mass is 16.6. The first-order valence-corrected chi connectivity index (χ1v) is 8.20. The van der Waals surface area contributed by atoms with Crippen LogP contribution in [0.1, 0.15) is 16.2 Å². The Hall–Kier alpha value is -3.02. The minimum Gasteiger partial charge on any atom is -0.486 e. The third-order valence-electron chi connectivity index (χ3n) is 4.31. The topological polar surface area (TPSA) is 56.1 Å². The first-order chi connectivity index (χ1) is 12.1. The maximum Gasteiger partial charge on any atom is 0.273 e. The van der Waals surface area contributed by atoms with Crippen molar-refractivity contribution < 1.29 is 14.3 Å². The highest BCUT2D eigenvalue weighted by molar-refractivity contribution is 5.92. The van der Waals surface area contributed by atoms with Gasteiger partial charge in [0.15, 0.2) is 17.6 Å². The number of amides is 1. The Labute approximate surface area is 145 Å². The molecule has 1 atom stereocenters. The van der Waals surface area contributed by atoms with Crippen LogP contribution in [0.15, 0.2) is 48.7 Å². The fourth-order valence-corrected chi connectivity index (χ4v) is 2.99. The Balaban J connectivity index is 1.48. The molecule has 0 saturated heterocycles. The second kappa shape index (κ2) is 6.12. The van der Waals surface area contributed by atoms with Gasteiger partial charge in [0, 0.05) is 18.9 Å². The van der Waals surface area contributed by atoms with Crippen molar-refractivity contribution in [3.63, 3.8) is 0 Å². The molecule has 3 aromatic rings. The van der Waals surface area contributed by atoms with E-state index in [2.05, 4.69) is 4.98 Å². The lowest BCUT2D eigenvalue weighted by molar-refractivity contribution is 0.0518. The van der Waals surface area contributed by atoms with Crippen molar-refractivity contribution in [1.29, 1.82) is 0 Å². The number of imidazole rings is 1. The summed E-state index contributed by atoms with van der Waals surface area (Å²) < 4.78 is 13.5. The molecule has 0 bridgehead atoms. The van der Waals surface area contributed by atoms with Crippen molar-refractivity contribution in [3.8, 4) is 11.5 Å². The van der Waals surface area contributed by atoms with Crippen molar-refractivity contribution in [3.05, 3.63) is 60.0 Å². The number of pyridine rings is 1. The summed E-state index contributed by atoms with van der Waals surface area (Å²) in [6.07, 6.45) is 1.57. The summed E-state index contributed by atoms with van der Waals surface area (Å²) >= 11 is 0. The number of carbonyl (C=O) groups is 1. The van der Waals surface area contributed by atoms with Crippen molar-refractivity contribution in [1.82, 2.24) is 14.3 Å². The van der Waals surface area contributed by atoms with Crippen LogP contribution >= 0.6 is 0 Å². The average Bonchev–Trinajstić information content (AvgIpc) is 3.06. The molecular formula is C19H19N3O3. The van der Waals surface area contributed by atoms with E-state index in [-0.39, 0.29) is 12.0 Å². The smallest absolute Gasteiger partial charge is 0.273 e. The number of fused-ring (bicyclic) bond motifs is 2. The van der Waals surface area contributed by atoms with E-state index in [9.17, 15) is 4.79 Å². The second-order valence-electron chi connectivity index (χ2n) is 6.20. The molecule has 3 heterocycles. The molecule has 6 nitrogen and oxygen atoms in total. The van der Waals surface area contributed by atoms with Crippen LogP contribution in [-0.2, 0) is 0 Å². The van der Waals surface area contributed by atoms with Crippen LogP contribution in [0, 0.1) is 6.92 Å². The normalized spacial score (nSPS) is 16.0. The Bertz CT molecular complexity index is 935. The van der Waals surface area contributed by atoms with Crippen LogP contribution in [0.5, 0.6) is 11.5 Å². The number of aryl methyl sites for hydroxylation is 1. The van der Waals surface area contributed by atoms with Gasteiger partial charge >= 0.3 is 0 Å². The zero-order chi connectivity index (χ0) is 17.4. The molecule has 0 radical (unpaired) electrons. The summed E-state index contributed by atoms with van der Waals surface area (Å²) in [6, 6.07) is 13.4. The monoisotopic (exact) mass is 337 g/mol. The molecule has 1 unspecified atom stereocenters. The van der Waals surface area contributed by atoms with Crippen molar-refractivity contribution in [2.75, 3.05) is 20.2 Å². The fraction of sp³-hybridized carbons (Fsp3) is 0.263. The van der Waals surface area contributed by atoms with Gasteiger partial charge in [-0.15, -0.1) is 0 Å². The van der Waals surface area contributed by atoms with Gasteiger partial charge < -0.3 is 18.8 Å². The van der Waals surface area contributed by atoms with E-state index in [1.807, 2.05) is 53.8 Å². The highest BCUT2D eigenvalue weighted by Crippen LogP contribution is 2.31. The summed E-state index contributed by atoms with van der Waals surface area (Å²) in [7, 11) is 1.75. The molecular weight excluding hydrogens is 318 g/mol. The first kappa shape index (κ1) is 15.5. The zero-order valence-corrected chi connectivity index (χ0v) is 14.2. The molecule has 2 aromatic heterocycles. The fourth-order valence-electron chi connectivity index (χ4n) is 2.99. The van der Waals surface area contributed by atoms with Gasteiger partial charge in [-0.2, -0.15) is 0 Å². The number of para-hydroxylation sites is 2. The summed E-state index contributed by atoms with van der Waals surface area (Å²) in [6.45, 7) is 2.83. The molecule has 25 heavy (non-hydrogen) atoms. The standard InChI is InChI=1S/C19H19N3O3/c1-13-6-5-9-18-20-15(11-22(13)18)19(23)21(2)10-14-12-24-16-7-3-4-8-17(16)25-14/h3-9,11,14H,10,12H2,1-2H3. The molecule has 1 aromatic carbocycles. The summed E-state index contributed by atoms with van der Waals surface area (Å²) in [5, 5.41) is 0. The number of nitrogens with zero attached hydrogens (tertiary/aromatic N) is 3. The quantitative estimate of drug-likeness (QED) is 0.737. The molecule has 0 saturated carbocycles. The van der Waals surface area contributed by atoms with Gasteiger partial charge in [-0.1, -0.05) is 18.2 Å². The lowest BCUT2D eigenvalue weighted by Crippen LogP contribution is -2.41. The van der Waals surface area contributed by atoms with Gasteiger partial charge in [0.2, 0.25) is 0 Å². The van der Waals surface area contributed by atoms with Gasteiger partial charge in [0.25, 0.3) is 5.91 Å². The molecule has 4 rings (SSSR count). The van der Waals surface area contributed by atoms with E-state index in [1.54, 1.807) is 18.1 Å². The van der Waals surface area contributed by atoms with Crippen molar-refractivity contribution in [2.45, 2.75) is 13.0 Å². The molecule has 0 fully saturated rings. The lowest BCUT2D eigenvalue weighted by Gasteiger charge is -2.29. The Kier molecular flexibility index (Phi) is 3.80. The number of carbonyl (C=O) groups excluding carboxylic acids is 1. The van der Waals surface area contributed by atoms with E-state index < -0.39 is 0 Å². The van der Waals surface area contributed by atoms with E-state index in [4.69, 9.17) is 9.47 Å². The molecule has 128 valence electrons. The van der Waals surface area contributed by atoms with Crippen LogP contribution in [0.25, 0.3) is 5.65 Å². The lowest BCUT2D eigenvalue weighted by atomic mass is 10.2. The molecule has 6 heteroatoms. The zero-order valence-electron chi connectivity index (χ0n) is 14.2. The minimum absolute atomic E-state index is 0.134. The third-order valence-corrected chi connectivity index (χ3v) is 4.31. The largest absolute Gasteiger partial charge is 0.486 e. The van der Waals surface area contributed by atoms with Gasteiger partial charge in [-0.25, -0.2) is 4.98 Å². The summed E-state index contributed by atoms with van der Waals surface area (Å²) in [5.41, 5.74) is 2.23. The van der Waals surface area contributed by atoms with E-state index in [0.29, 0.717) is 24.6 Å². The maximum absolute atomic E-state index is 12.7. The Morgan fingerprint density at radius 1 is 1.24 bits per heavy atom. The van der Waals surface area contributed by atoms with Crippen molar-refractivity contribution >= 4 is 11.6 Å². The third kappa shape index (κ3) is 2.91. The number of benzene rings is 1. The van der Waals surface area contributed by atoms with Crippen molar-refractivity contribution in [2.24, 2.45) is 0 Å². The van der Waals surface area contributed by atoms with Crippen LogP contribution in [0.2, 0.25) is 0 Å². The summed E-state index contributed by atoms with van der Waals surface area (Å²) in [5.74, 6) is 1.32. The van der Waals surface area contributed by atoms with Crippen LogP contribution in [-0.4, -0.2) is 46.5 Å². The van der Waals surface area contributed by atoms with Gasteiger partial charge in [0.1, 0.15) is 17.9 Å². The SMILES string of the molecule is Cc1cccc2nc(C(=O)N(C)CC3COc4ccccc4O3)cn12. The van der Waals surface area contributed by atoms with Crippen LogP contribution < -0.4 is 9.47 Å². The van der Waals surface area contributed by atoms with Gasteiger partial charge in [-0.05, 0) is 31.2 Å². The summed E-state index contributed by atoms with van der Waals surface area (Å²) in [4.78, 5) is 18.7. The number of aromatic nitrogens is 2. The van der Waals surface area contributed by atoms with Crippen LogP contribution in [0.4, 0.5) is 0 Å². The molecule has 0 aliphatic carbocycles. The minimum atomic E-state index is -0.206. The average molecular weight is 337 g/mol. The maximum atomic E-state index is 12.7. The van der Waals surface area contributed by atoms with E-state index in [0.717, 1.165) is 17.1 Å². The highest BCUT2D eigenvalue weighted by Gasteiger charge is 2.25. The number of ether oxygens (including phenoxy) is 2. The number of hydrogen-bond donors (Lipinski definition) is 0. The number of hydrogen-bond acceptors (Lipinski definition) is 4.